The number of carbonyl (C=O) groups is 4. The van der Waals surface area contributed by atoms with E-state index < -0.39 is 57.7 Å². The van der Waals surface area contributed by atoms with E-state index >= 15 is 0 Å². The van der Waals surface area contributed by atoms with Crippen molar-refractivity contribution in [3.63, 3.8) is 0 Å². The fourth-order valence-corrected chi connectivity index (χ4v) is 5.33. The number of halogens is 2. The second-order valence-corrected chi connectivity index (χ2v) is 12.7. The molecule has 0 saturated heterocycles. The maximum atomic E-state index is 13.7. The predicted molar refractivity (Wildman–Crippen MR) is 151 cm³/mol. The maximum absolute atomic E-state index is 13.7. The zero-order chi connectivity index (χ0) is 29.4. The number of nitrogens with zero attached hydrogens (tertiary/aromatic N) is 1. The predicted octanol–water partition coefficient (Wildman–Crippen LogP) is 5.18. The van der Waals surface area contributed by atoms with Gasteiger partial charge >= 0.3 is 5.97 Å². The zero-order valence-electron chi connectivity index (χ0n) is 21.8. The summed E-state index contributed by atoms with van der Waals surface area (Å²) in [6.45, 7) is 3.74. The molecule has 1 heterocycles. The second kappa shape index (κ2) is 11.5. The van der Waals surface area contributed by atoms with Crippen molar-refractivity contribution in [2.75, 3.05) is 12.0 Å². The highest BCUT2D eigenvalue weighted by Crippen LogP contribution is 2.34. The highest BCUT2D eigenvalue weighted by Gasteiger charge is 2.45. The van der Waals surface area contributed by atoms with Crippen LogP contribution in [-0.2, 0) is 19.4 Å². The minimum Gasteiger partial charge on any atom is -0.447 e. The Hall–Kier alpha value is -3.53. The summed E-state index contributed by atoms with van der Waals surface area (Å²) in [5.74, 6) is -3.87. The third kappa shape index (κ3) is 6.11. The number of rotatable bonds is 9. The molecule has 3 aromatic carbocycles. The minimum atomic E-state index is -3.61. The van der Waals surface area contributed by atoms with Gasteiger partial charge < -0.3 is 4.74 Å². The fraction of sp³-hybridized carbons (Fsp3) is 0.241. The molecule has 1 aliphatic rings. The van der Waals surface area contributed by atoms with Crippen LogP contribution < -0.4 is 0 Å². The third-order valence-corrected chi connectivity index (χ3v) is 8.37. The zero-order valence-corrected chi connectivity index (χ0v) is 24.1. The lowest BCUT2D eigenvalue weighted by molar-refractivity contribution is -0.152. The molecule has 0 unspecified atom stereocenters. The Kier molecular flexibility index (Phi) is 8.49. The number of amides is 2. The number of ketones is 1. The first-order chi connectivity index (χ1) is 18.8. The van der Waals surface area contributed by atoms with Crippen LogP contribution >= 0.6 is 23.2 Å². The van der Waals surface area contributed by atoms with E-state index in [0.717, 1.165) is 17.4 Å². The van der Waals surface area contributed by atoms with Crippen molar-refractivity contribution in [2.45, 2.75) is 32.4 Å². The number of aryl methyl sites for hydroxylation is 2. The second-order valence-electron chi connectivity index (χ2n) is 9.62. The number of ether oxygens (including phenoxy) is 1. The fourth-order valence-electron chi connectivity index (χ4n) is 4.36. The van der Waals surface area contributed by atoms with E-state index in [2.05, 4.69) is 0 Å². The molecule has 0 bridgehead atoms. The number of benzene rings is 3. The Labute approximate surface area is 241 Å². The van der Waals surface area contributed by atoms with Gasteiger partial charge in [-0.05, 0) is 49.6 Å². The van der Waals surface area contributed by atoms with E-state index in [0.29, 0.717) is 16.0 Å². The Bertz CT molecular complexity index is 1600. The van der Waals surface area contributed by atoms with E-state index in [-0.39, 0.29) is 21.2 Å². The molecule has 8 nitrogen and oxygen atoms in total. The first-order valence-corrected chi connectivity index (χ1v) is 15.0. The summed E-state index contributed by atoms with van der Waals surface area (Å²) in [5, 5.41) is 0.0589. The molecule has 0 radical (unpaired) electrons. The van der Waals surface area contributed by atoms with Gasteiger partial charge in [-0.15, -0.1) is 0 Å². The molecule has 4 rings (SSSR count). The number of hydrogen-bond donors (Lipinski definition) is 0. The van der Waals surface area contributed by atoms with Gasteiger partial charge in [0, 0.05) is 17.4 Å². The van der Waals surface area contributed by atoms with Crippen LogP contribution in [0.15, 0.2) is 60.7 Å². The van der Waals surface area contributed by atoms with E-state index in [9.17, 15) is 27.6 Å². The summed E-state index contributed by atoms with van der Waals surface area (Å²) >= 11 is 12.1. The third-order valence-electron chi connectivity index (χ3n) is 6.67. The molecule has 2 atom stereocenters. The quantitative estimate of drug-likeness (QED) is 0.188. The summed E-state index contributed by atoms with van der Waals surface area (Å²) in [7, 11) is -3.61. The molecule has 0 N–H and O–H groups in total. The first kappa shape index (κ1) is 29.5. The average molecular weight is 602 g/mol. The summed E-state index contributed by atoms with van der Waals surface area (Å²) in [4.78, 5) is 54.6. The Morgan fingerprint density at radius 3 is 1.98 bits per heavy atom. The van der Waals surface area contributed by atoms with Gasteiger partial charge in [-0.1, -0.05) is 65.7 Å². The molecule has 0 aromatic heterocycles. The van der Waals surface area contributed by atoms with Gasteiger partial charge in [0.1, 0.15) is 15.9 Å². The molecule has 208 valence electrons. The van der Waals surface area contributed by atoms with Crippen LogP contribution in [0.3, 0.4) is 0 Å². The van der Waals surface area contributed by atoms with Crippen LogP contribution in [0, 0.1) is 13.8 Å². The number of imide groups is 1. The van der Waals surface area contributed by atoms with Crippen molar-refractivity contribution in [3.05, 3.63) is 104 Å². The van der Waals surface area contributed by atoms with Gasteiger partial charge in [0.15, 0.2) is 6.10 Å². The summed E-state index contributed by atoms with van der Waals surface area (Å²) in [5.41, 5.74) is 2.32. The number of esters is 1. The first-order valence-electron chi connectivity index (χ1n) is 12.2. The standard InChI is InChI=1S/C29H25Cl2NO7S/c1-16-9-10-19(13-17(16)2)25(33)26(18-7-5-4-6-8-18)39-29(36)24(11-12-40(3,37)38)32-27(34)20-14-22(30)23(31)15-21(20)28(32)35/h4-10,13-15,24,26H,11-12H2,1-3H3/t24-,26-/m0/s1. The van der Waals surface area contributed by atoms with Gasteiger partial charge in [-0.25, -0.2) is 13.2 Å². The average Bonchev–Trinajstić information content (AvgIpc) is 3.13. The van der Waals surface area contributed by atoms with E-state index in [1.54, 1.807) is 48.5 Å². The van der Waals surface area contributed by atoms with Gasteiger partial charge in [0.25, 0.3) is 11.8 Å². The molecule has 3 aromatic rings. The number of fused-ring (bicyclic) bond motifs is 1. The van der Waals surface area contributed by atoms with Crippen molar-refractivity contribution in [1.29, 1.82) is 0 Å². The molecule has 1 aliphatic heterocycles. The normalized spacial score (nSPS) is 14.6. The van der Waals surface area contributed by atoms with Crippen LogP contribution in [0.1, 0.15) is 60.3 Å². The monoisotopic (exact) mass is 601 g/mol. The molecular formula is C29H25Cl2NO7S. The van der Waals surface area contributed by atoms with E-state index in [1.165, 1.54) is 12.1 Å². The van der Waals surface area contributed by atoms with E-state index in [4.69, 9.17) is 27.9 Å². The van der Waals surface area contributed by atoms with Crippen molar-refractivity contribution in [1.82, 2.24) is 4.90 Å². The van der Waals surface area contributed by atoms with Crippen molar-refractivity contribution < 1.29 is 32.3 Å². The van der Waals surface area contributed by atoms with Crippen LogP contribution in [-0.4, -0.2) is 54.9 Å². The highest BCUT2D eigenvalue weighted by molar-refractivity contribution is 7.90. The number of hydrogen-bond acceptors (Lipinski definition) is 7. The molecule has 0 fully saturated rings. The van der Waals surface area contributed by atoms with E-state index in [1.807, 2.05) is 13.8 Å². The SMILES string of the molecule is Cc1ccc(C(=O)[C@@H](OC(=O)[C@H](CCS(C)(=O)=O)N2C(=O)c3cc(Cl)c(Cl)cc3C2=O)c2ccccc2)cc1C. The van der Waals surface area contributed by atoms with Crippen LogP contribution in [0.4, 0.5) is 0 Å². The number of Topliss-reactive ketones (excluding diaryl/α,β-unsaturated/α-hetero) is 1. The lowest BCUT2D eigenvalue weighted by Gasteiger charge is -2.27. The number of sulfone groups is 1. The molecule has 0 aliphatic carbocycles. The van der Waals surface area contributed by atoms with Crippen molar-refractivity contribution in [3.8, 4) is 0 Å². The summed E-state index contributed by atoms with van der Waals surface area (Å²) < 4.78 is 29.7. The topological polar surface area (TPSA) is 115 Å². The van der Waals surface area contributed by atoms with Gasteiger partial charge in [0.05, 0.1) is 26.9 Å². The maximum Gasteiger partial charge on any atom is 0.330 e. The van der Waals surface area contributed by atoms with Gasteiger partial charge in [-0.3, -0.25) is 19.3 Å². The Balaban J connectivity index is 1.73. The summed E-state index contributed by atoms with van der Waals surface area (Å²) in [6.07, 6.45) is -0.896. The Morgan fingerprint density at radius 2 is 1.45 bits per heavy atom. The summed E-state index contributed by atoms with van der Waals surface area (Å²) in [6, 6.07) is 14.1. The Morgan fingerprint density at radius 1 is 0.875 bits per heavy atom. The molecule has 11 heteroatoms. The lowest BCUT2D eigenvalue weighted by Crippen LogP contribution is -2.47. The molecular weight excluding hydrogens is 577 g/mol. The lowest BCUT2D eigenvalue weighted by atomic mass is 9.97. The number of carbonyl (C=O) groups excluding carboxylic acids is 4. The van der Waals surface area contributed by atoms with Crippen molar-refractivity contribution >= 4 is 56.6 Å². The highest BCUT2D eigenvalue weighted by atomic mass is 35.5. The van der Waals surface area contributed by atoms with Crippen LogP contribution in [0.25, 0.3) is 0 Å². The smallest absolute Gasteiger partial charge is 0.330 e. The molecule has 0 saturated carbocycles. The molecule has 2 amide bonds. The van der Waals surface area contributed by atoms with Crippen LogP contribution in [0.2, 0.25) is 10.0 Å². The van der Waals surface area contributed by atoms with Gasteiger partial charge in [-0.2, -0.15) is 0 Å². The van der Waals surface area contributed by atoms with Crippen LogP contribution in [0.5, 0.6) is 0 Å². The largest absolute Gasteiger partial charge is 0.447 e. The van der Waals surface area contributed by atoms with Crippen molar-refractivity contribution in [2.24, 2.45) is 0 Å². The molecule has 40 heavy (non-hydrogen) atoms. The molecule has 0 spiro atoms. The van der Waals surface area contributed by atoms with Gasteiger partial charge in [0.2, 0.25) is 5.78 Å². The minimum absolute atomic E-state index is 0.0295.